The number of fused-ring (bicyclic) bond motifs is 1. The largest absolute Gasteiger partial charge is 0.598 e. The molecule has 0 saturated carbocycles. The van der Waals surface area contributed by atoms with Gasteiger partial charge >= 0.3 is 5.97 Å². The number of nitrogens with zero attached hydrogens (tertiary/aromatic N) is 2. The van der Waals surface area contributed by atoms with E-state index in [1.165, 1.54) is 0 Å². The standard InChI is InChI=1S/C17H23N3O3S/c1-5-23-16(21)15(20-24(22)17(2,3)4)10-12-11-18-13-8-6-7-9-14(13)19-12/h6-9,11,15,20H,5,10H2,1-4H3. The van der Waals surface area contributed by atoms with Crippen LogP contribution in [0.4, 0.5) is 0 Å². The van der Waals surface area contributed by atoms with Crippen molar-refractivity contribution in [3.63, 3.8) is 0 Å². The first-order valence-corrected chi connectivity index (χ1v) is 9.01. The Labute approximate surface area is 145 Å². The summed E-state index contributed by atoms with van der Waals surface area (Å²) in [5.41, 5.74) is 2.19. The Kier molecular flexibility index (Phi) is 6.15. The molecule has 2 aromatic rings. The summed E-state index contributed by atoms with van der Waals surface area (Å²) in [5, 5.41) is 0. The van der Waals surface area contributed by atoms with Gasteiger partial charge in [-0.2, -0.15) is 0 Å². The second kappa shape index (κ2) is 7.92. The Morgan fingerprint density at radius 2 is 2.00 bits per heavy atom. The summed E-state index contributed by atoms with van der Waals surface area (Å²) in [5.74, 6) is -0.440. The molecular formula is C17H23N3O3S. The molecule has 24 heavy (non-hydrogen) atoms. The third-order valence-corrected chi connectivity index (χ3v) is 4.90. The molecule has 0 aliphatic rings. The molecule has 1 N–H and O–H groups in total. The molecule has 7 heteroatoms. The summed E-state index contributed by atoms with van der Waals surface area (Å²) in [6.45, 7) is 7.53. The van der Waals surface area contributed by atoms with Crippen molar-refractivity contribution < 1.29 is 14.1 Å². The maximum Gasteiger partial charge on any atom is 0.328 e. The Morgan fingerprint density at radius 3 is 2.62 bits per heavy atom. The fraction of sp³-hybridized carbons (Fsp3) is 0.471. The molecule has 0 radical (unpaired) electrons. The van der Waals surface area contributed by atoms with Crippen LogP contribution in [0.2, 0.25) is 0 Å². The molecule has 0 saturated heterocycles. The highest BCUT2D eigenvalue weighted by atomic mass is 32.2. The molecule has 130 valence electrons. The van der Waals surface area contributed by atoms with Crippen LogP contribution in [-0.4, -0.2) is 37.9 Å². The van der Waals surface area contributed by atoms with E-state index in [0.717, 1.165) is 11.0 Å². The van der Waals surface area contributed by atoms with E-state index in [-0.39, 0.29) is 13.0 Å². The molecule has 2 atom stereocenters. The first-order chi connectivity index (χ1) is 11.3. The highest BCUT2D eigenvalue weighted by molar-refractivity contribution is 7.90. The number of hydrogen-bond donors (Lipinski definition) is 1. The summed E-state index contributed by atoms with van der Waals surface area (Å²) in [6, 6.07) is 6.79. The third-order valence-electron chi connectivity index (χ3n) is 3.29. The van der Waals surface area contributed by atoms with E-state index in [1.807, 2.05) is 45.0 Å². The summed E-state index contributed by atoms with van der Waals surface area (Å²) in [7, 11) is 0. The van der Waals surface area contributed by atoms with Gasteiger partial charge < -0.3 is 9.29 Å². The summed E-state index contributed by atoms with van der Waals surface area (Å²) in [4.78, 5) is 21.1. The fourth-order valence-electron chi connectivity index (χ4n) is 2.02. The van der Waals surface area contributed by atoms with Crippen molar-refractivity contribution in [2.75, 3.05) is 6.61 Å². The van der Waals surface area contributed by atoms with E-state index in [1.54, 1.807) is 13.1 Å². The molecule has 6 nitrogen and oxygen atoms in total. The van der Waals surface area contributed by atoms with Gasteiger partial charge in [0.1, 0.15) is 4.75 Å². The topological polar surface area (TPSA) is 87.2 Å². The van der Waals surface area contributed by atoms with E-state index in [9.17, 15) is 9.35 Å². The van der Waals surface area contributed by atoms with Gasteiger partial charge in [-0.15, -0.1) is 4.72 Å². The summed E-state index contributed by atoms with van der Waals surface area (Å²) in [6.07, 6.45) is 1.90. The number of aromatic nitrogens is 2. The van der Waals surface area contributed by atoms with Gasteiger partial charge in [-0.25, -0.2) is 4.98 Å². The van der Waals surface area contributed by atoms with Crippen LogP contribution >= 0.6 is 0 Å². The van der Waals surface area contributed by atoms with Crippen LogP contribution < -0.4 is 4.72 Å². The van der Waals surface area contributed by atoms with Gasteiger partial charge in [-0.05, 0) is 39.8 Å². The molecule has 0 bridgehead atoms. The van der Waals surface area contributed by atoms with Crippen molar-refractivity contribution in [2.24, 2.45) is 0 Å². The van der Waals surface area contributed by atoms with E-state index in [2.05, 4.69) is 14.7 Å². The van der Waals surface area contributed by atoms with Gasteiger partial charge in [-0.3, -0.25) is 9.78 Å². The predicted molar refractivity (Wildman–Crippen MR) is 94.7 cm³/mol. The molecule has 0 spiro atoms. The lowest BCUT2D eigenvalue weighted by molar-refractivity contribution is -0.145. The zero-order valence-electron chi connectivity index (χ0n) is 14.4. The zero-order chi connectivity index (χ0) is 17.7. The van der Waals surface area contributed by atoms with Crippen LogP contribution in [0.25, 0.3) is 11.0 Å². The number of hydrogen-bond acceptors (Lipinski definition) is 6. The normalized spacial score (nSPS) is 14.4. The highest BCUT2D eigenvalue weighted by Crippen LogP contribution is 2.16. The van der Waals surface area contributed by atoms with Crippen LogP contribution in [0.1, 0.15) is 33.4 Å². The average Bonchev–Trinajstić information content (AvgIpc) is 2.53. The number of carbonyl (C=O) groups is 1. The Morgan fingerprint density at radius 1 is 1.33 bits per heavy atom. The molecule has 0 aliphatic carbocycles. The Bertz CT molecular complexity index is 703. The zero-order valence-corrected chi connectivity index (χ0v) is 15.2. The molecule has 0 fully saturated rings. The minimum absolute atomic E-state index is 0.262. The lowest BCUT2D eigenvalue weighted by Gasteiger charge is -2.27. The monoisotopic (exact) mass is 349 g/mol. The minimum atomic E-state index is -1.39. The first-order valence-electron chi connectivity index (χ1n) is 7.86. The average molecular weight is 349 g/mol. The quantitative estimate of drug-likeness (QED) is 0.635. The van der Waals surface area contributed by atoms with Crippen LogP contribution in [-0.2, 0) is 27.3 Å². The molecule has 0 aliphatic heterocycles. The van der Waals surface area contributed by atoms with Crippen molar-refractivity contribution in [1.82, 2.24) is 14.7 Å². The molecule has 1 aromatic carbocycles. The van der Waals surface area contributed by atoms with E-state index in [4.69, 9.17) is 4.74 Å². The van der Waals surface area contributed by atoms with Crippen LogP contribution in [0.5, 0.6) is 0 Å². The number of benzene rings is 1. The third kappa shape index (κ3) is 4.90. The van der Waals surface area contributed by atoms with Crippen molar-refractivity contribution in [2.45, 2.75) is 44.9 Å². The van der Waals surface area contributed by atoms with Gasteiger partial charge in [0, 0.05) is 24.0 Å². The number of rotatable bonds is 6. The van der Waals surface area contributed by atoms with Crippen molar-refractivity contribution in [3.8, 4) is 0 Å². The summed E-state index contributed by atoms with van der Waals surface area (Å²) < 4.78 is 19.8. The molecule has 1 aromatic heterocycles. The first kappa shape index (κ1) is 18.6. The minimum Gasteiger partial charge on any atom is -0.598 e. The van der Waals surface area contributed by atoms with Crippen molar-refractivity contribution in [1.29, 1.82) is 0 Å². The van der Waals surface area contributed by atoms with Crippen LogP contribution in [0.3, 0.4) is 0 Å². The maximum absolute atomic E-state index is 12.3. The van der Waals surface area contributed by atoms with Crippen LogP contribution in [0.15, 0.2) is 30.5 Å². The van der Waals surface area contributed by atoms with E-state index >= 15 is 0 Å². The van der Waals surface area contributed by atoms with Gasteiger partial charge in [0.15, 0.2) is 6.04 Å². The second-order valence-corrected chi connectivity index (χ2v) is 8.36. The van der Waals surface area contributed by atoms with Gasteiger partial charge in [0.25, 0.3) is 0 Å². The Balaban J connectivity index is 2.20. The van der Waals surface area contributed by atoms with E-state index in [0.29, 0.717) is 5.69 Å². The predicted octanol–water partition coefficient (Wildman–Crippen LogP) is 2.16. The molecule has 2 unspecified atom stereocenters. The lowest BCUT2D eigenvalue weighted by atomic mass is 10.1. The SMILES string of the molecule is CCOC(=O)C(Cc1cnc2ccccc2n1)N[S+]([O-])C(C)(C)C. The van der Waals surface area contributed by atoms with Gasteiger partial charge in [-0.1, -0.05) is 12.1 Å². The van der Waals surface area contributed by atoms with Crippen molar-refractivity contribution >= 4 is 28.4 Å². The maximum atomic E-state index is 12.3. The Hall–Kier alpha value is -1.70. The molecular weight excluding hydrogens is 326 g/mol. The number of esters is 1. The summed E-state index contributed by atoms with van der Waals surface area (Å²) >= 11 is -1.39. The van der Waals surface area contributed by atoms with Crippen LogP contribution in [0, 0.1) is 0 Å². The van der Waals surface area contributed by atoms with E-state index < -0.39 is 28.1 Å². The number of nitrogens with one attached hydrogen (secondary N) is 1. The second-order valence-electron chi connectivity index (χ2n) is 6.36. The molecule has 0 amide bonds. The lowest BCUT2D eigenvalue weighted by Crippen LogP contribution is -2.49. The smallest absolute Gasteiger partial charge is 0.328 e. The van der Waals surface area contributed by atoms with Crippen molar-refractivity contribution in [3.05, 3.63) is 36.2 Å². The molecule has 2 rings (SSSR count). The van der Waals surface area contributed by atoms with Gasteiger partial charge in [0.05, 0.1) is 23.3 Å². The fourth-order valence-corrected chi connectivity index (χ4v) is 2.82. The number of carbonyl (C=O) groups excluding carboxylic acids is 1. The highest BCUT2D eigenvalue weighted by Gasteiger charge is 2.33. The number of para-hydroxylation sites is 2. The number of ether oxygens (including phenoxy) is 1. The molecule has 1 heterocycles. The van der Waals surface area contributed by atoms with Gasteiger partial charge in [0.2, 0.25) is 0 Å².